The minimum atomic E-state index is -3.67. The van der Waals surface area contributed by atoms with E-state index in [0.29, 0.717) is 17.4 Å². The first kappa shape index (κ1) is 22.4. The van der Waals surface area contributed by atoms with E-state index < -0.39 is 16.0 Å². The van der Waals surface area contributed by atoms with Crippen molar-refractivity contribution in [2.24, 2.45) is 11.8 Å². The number of hydrogen-bond acceptors (Lipinski definition) is 5. The zero-order chi connectivity index (χ0) is 21.1. The summed E-state index contributed by atoms with van der Waals surface area (Å²) in [5, 5.41) is 2.95. The van der Waals surface area contributed by atoms with Gasteiger partial charge in [-0.15, -0.1) is 0 Å². The van der Waals surface area contributed by atoms with Crippen molar-refractivity contribution in [1.82, 2.24) is 9.62 Å². The zero-order valence-corrected chi connectivity index (χ0v) is 18.0. The van der Waals surface area contributed by atoms with Crippen LogP contribution in [0.25, 0.3) is 0 Å². The Morgan fingerprint density at radius 3 is 2.54 bits per heavy atom. The molecule has 8 heteroatoms. The molecule has 0 spiro atoms. The third-order valence-corrected chi connectivity index (χ3v) is 7.41. The summed E-state index contributed by atoms with van der Waals surface area (Å²) in [6.45, 7) is 5.61. The third-order valence-electron chi connectivity index (χ3n) is 5.60. The monoisotopic (exact) mass is 410 g/mol. The first-order valence-electron chi connectivity index (χ1n) is 9.53. The number of rotatable bonds is 6. The van der Waals surface area contributed by atoms with Crippen molar-refractivity contribution >= 4 is 21.9 Å². The highest BCUT2D eigenvalue weighted by Crippen LogP contribution is 2.29. The smallest absolute Gasteiger partial charge is 0.338 e. The summed E-state index contributed by atoms with van der Waals surface area (Å²) in [6, 6.07) is 4.37. The van der Waals surface area contributed by atoms with Crippen molar-refractivity contribution in [3.8, 4) is 0 Å². The van der Waals surface area contributed by atoms with Crippen molar-refractivity contribution in [1.29, 1.82) is 0 Å². The summed E-state index contributed by atoms with van der Waals surface area (Å²) in [4.78, 5) is 24.6. The minimum Gasteiger partial charge on any atom is -0.452 e. The van der Waals surface area contributed by atoms with Crippen LogP contribution < -0.4 is 5.32 Å². The van der Waals surface area contributed by atoms with Crippen LogP contribution >= 0.6 is 0 Å². The zero-order valence-electron chi connectivity index (χ0n) is 17.2. The highest BCUT2D eigenvalue weighted by atomic mass is 32.2. The van der Waals surface area contributed by atoms with Crippen LogP contribution in [-0.4, -0.2) is 51.3 Å². The number of nitrogens with zero attached hydrogens (tertiary/aromatic N) is 1. The lowest BCUT2D eigenvalue weighted by Gasteiger charge is -2.34. The maximum atomic E-state index is 12.4. The lowest BCUT2D eigenvalue weighted by atomic mass is 9.78. The van der Waals surface area contributed by atoms with Gasteiger partial charge in [0.15, 0.2) is 6.61 Å². The Balaban J connectivity index is 2.02. The molecular weight excluding hydrogens is 380 g/mol. The van der Waals surface area contributed by atoms with E-state index in [1.54, 1.807) is 13.0 Å². The molecule has 0 aliphatic heterocycles. The molecule has 0 bridgehead atoms. The Morgan fingerprint density at radius 1 is 1.21 bits per heavy atom. The molecule has 2 rings (SSSR count). The number of sulfonamides is 1. The lowest BCUT2D eigenvalue weighted by molar-refractivity contribution is -0.125. The average Bonchev–Trinajstić information content (AvgIpc) is 2.63. The molecule has 28 heavy (non-hydrogen) atoms. The van der Waals surface area contributed by atoms with Gasteiger partial charge in [0.1, 0.15) is 0 Å². The molecule has 1 aromatic rings. The molecule has 1 fully saturated rings. The quantitative estimate of drug-likeness (QED) is 0.727. The molecule has 0 radical (unpaired) electrons. The Labute approximate surface area is 167 Å². The number of carbonyl (C=O) groups is 2. The van der Waals surface area contributed by atoms with Crippen molar-refractivity contribution in [3.05, 3.63) is 29.3 Å². The van der Waals surface area contributed by atoms with Gasteiger partial charge in [0, 0.05) is 20.1 Å². The van der Waals surface area contributed by atoms with E-state index in [-0.39, 0.29) is 29.0 Å². The molecule has 1 aromatic carbocycles. The first-order valence-corrected chi connectivity index (χ1v) is 11.0. The molecule has 0 unspecified atom stereocenters. The van der Waals surface area contributed by atoms with Gasteiger partial charge in [0.25, 0.3) is 5.91 Å². The standard InChI is InChI=1S/C20H30N2O5S/c1-13-7-6-8-18(15(13)3)21-19(23)12-27-20(24)17-11-16(10-9-14(17)2)28(25,26)22(4)5/h9-11,13,15,18H,6-8,12H2,1-5H3,(H,21,23)/t13-,15-,18-/m0/s1. The van der Waals surface area contributed by atoms with Gasteiger partial charge in [-0.25, -0.2) is 17.5 Å². The molecule has 0 heterocycles. The first-order chi connectivity index (χ1) is 13.0. The number of amides is 1. The number of esters is 1. The second-order valence-corrected chi connectivity index (χ2v) is 9.93. The predicted molar refractivity (Wildman–Crippen MR) is 106 cm³/mol. The van der Waals surface area contributed by atoms with Crippen molar-refractivity contribution in [2.45, 2.75) is 51.0 Å². The Kier molecular flexibility index (Phi) is 7.22. The van der Waals surface area contributed by atoms with Gasteiger partial charge in [0.05, 0.1) is 10.5 Å². The van der Waals surface area contributed by atoms with E-state index in [1.807, 2.05) is 0 Å². The van der Waals surface area contributed by atoms with Crippen molar-refractivity contribution in [2.75, 3.05) is 20.7 Å². The fourth-order valence-electron chi connectivity index (χ4n) is 3.44. The van der Waals surface area contributed by atoms with E-state index >= 15 is 0 Å². The van der Waals surface area contributed by atoms with Gasteiger partial charge < -0.3 is 10.1 Å². The van der Waals surface area contributed by atoms with E-state index in [4.69, 9.17) is 4.74 Å². The van der Waals surface area contributed by atoms with Gasteiger partial charge in [-0.05, 0) is 42.9 Å². The molecule has 1 saturated carbocycles. The maximum Gasteiger partial charge on any atom is 0.338 e. The summed E-state index contributed by atoms with van der Waals surface area (Å²) >= 11 is 0. The topological polar surface area (TPSA) is 92.8 Å². The maximum absolute atomic E-state index is 12.4. The number of benzene rings is 1. The normalized spacial score (nSPS) is 22.7. The third kappa shape index (κ3) is 5.11. The Hall–Kier alpha value is -1.93. The summed E-state index contributed by atoms with van der Waals surface area (Å²) in [7, 11) is -0.823. The van der Waals surface area contributed by atoms with Crippen LogP contribution in [0.4, 0.5) is 0 Å². The molecule has 156 valence electrons. The second-order valence-electron chi connectivity index (χ2n) is 7.78. The van der Waals surface area contributed by atoms with Gasteiger partial charge in [-0.2, -0.15) is 0 Å². The number of hydrogen-bond donors (Lipinski definition) is 1. The molecule has 0 saturated heterocycles. The minimum absolute atomic E-state index is 0.00418. The lowest BCUT2D eigenvalue weighted by Crippen LogP contribution is -2.45. The van der Waals surface area contributed by atoms with Gasteiger partial charge in [-0.1, -0.05) is 32.8 Å². The highest BCUT2D eigenvalue weighted by Gasteiger charge is 2.28. The van der Waals surface area contributed by atoms with E-state index in [9.17, 15) is 18.0 Å². The molecule has 1 amide bonds. The van der Waals surface area contributed by atoms with Crippen LogP contribution in [0.3, 0.4) is 0 Å². The summed E-state index contributed by atoms with van der Waals surface area (Å²) in [5.74, 6) is -0.128. The molecule has 0 aromatic heterocycles. The van der Waals surface area contributed by atoms with Gasteiger partial charge >= 0.3 is 5.97 Å². The van der Waals surface area contributed by atoms with Gasteiger partial charge in [0.2, 0.25) is 10.0 Å². The van der Waals surface area contributed by atoms with Crippen molar-refractivity contribution in [3.63, 3.8) is 0 Å². The van der Waals surface area contributed by atoms with Crippen LogP contribution in [0.1, 0.15) is 49.0 Å². The molecule has 1 aliphatic carbocycles. The van der Waals surface area contributed by atoms with E-state index in [2.05, 4.69) is 19.2 Å². The molecule has 3 atom stereocenters. The van der Waals surface area contributed by atoms with Crippen LogP contribution in [0, 0.1) is 18.8 Å². The summed E-state index contributed by atoms with van der Waals surface area (Å²) in [5.41, 5.74) is 0.716. The molecule has 1 aliphatic rings. The number of carbonyl (C=O) groups excluding carboxylic acids is 2. The fourth-order valence-corrected chi connectivity index (χ4v) is 4.36. The molecular formula is C20H30N2O5S. The molecule has 1 N–H and O–H groups in total. The Bertz CT molecular complexity index is 835. The van der Waals surface area contributed by atoms with Crippen LogP contribution in [0.5, 0.6) is 0 Å². The van der Waals surface area contributed by atoms with Crippen LogP contribution in [-0.2, 0) is 19.6 Å². The number of aryl methyl sites for hydroxylation is 1. The fraction of sp³-hybridized carbons (Fsp3) is 0.600. The van der Waals surface area contributed by atoms with Crippen molar-refractivity contribution < 1.29 is 22.7 Å². The largest absolute Gasteiger partial charge is 0.452 e. The summed E-state index contributed by atoms with van der Waals surface area (Å²) in [6.07, 6.45) is 3.16. The summed E-state index contributed by atoms with van der Waals surface area (Å²) < 4.78 is 30.8. The predicted octanol–water partition coefficient (Wildman–Crippen LogP) is 2.34. The van der Waals surface area contributed by atoms with Crippen LogP contribution in [0.2, 0.25) is 0 Å². The number of ether oxygens (including phenoxy) is 1. The van der Waals surface area contributed by atoms with Gasteiger partial charge in [-0.3, -0.25) is 4.79 Å². The average molecular weight is 411 g/mol. The molecule has 7 nitrogen and oxygen atoms in total. The highest BCUT2D eigenvalue weighted by molar-refractivity contribution is 7.89. The van der Waals surface area contributed by atoms with E-state index in [0.717, 1.165) is 23.6 Å². The Morgan fingerprint density at radius 2 is 1.89 bits per heavy atom. The van der Waals surface area contributed by atoms with Crippen LogP contribution in [0.15, 0.2) is 23.1 Å². The second kappa shape index (κ2) is 9.05. The SMILES string of the molecule is Cc1ccc(S(=O)(=O)N(C)C)cc1C(=O)OCC(=O)N[C@H]1CCC[C@H](C)[C@@H]1C. The number of nitrogens with one attached hydrogen (secondary N) is 1. The van der Waals surface area contributed by atoms with E-state index in [1.165, 1.54) is 26.2 Å².